The van der Waals surface area contributed by atoms with Crippen molar-refractivity contribution in [3.63, 3.8) is 0 Å². The molecule has 1 saturated heterocycles. The van der Waals surface area contributed by atoms with E-state index < -0.39 is 23.2 Å². The number of fused-ring (bicyclic) bond motifs is 2. The third-order valence-electron chi connectivity index (χ3n) is 3.80. The highest BCUT2D eigenvalue weighted by molar-refractivity contribution is 5.85. The van der Waals surface area contributed by atoms with Crippen LogP contribution in [0.2, 0.25) is 0 Å². The van der Waals surface area contributed by atoms with Crippen molar-refractivity contribution in [2.45, 2.75) is 57.6 Å². The number of likely N-dealkylation sites (tertiary alicyclic amines) is 1. The van der Waals surface area contributed by atoms with Gasteiger partial charge < -0.3 is 9.84 Å². The topological polar surface area (TPSA) is 66.8 Å². The number of carbonyl (C=O) groups excluding carboxylic acids is 1. The van der Waals surface area contributed by atoms with Crippen molar-refractivity contribution < 1.29 is 19.4 Å². The van der Waals surface area contributed by atoms with Crippen LogP contribution in [-0.4, -0.2) is 39.8 Å². The molecule has 0 unspecified atom stereocenters. The molecular weight excluding hydrogens is 234 g/mol. The van der Waals surface area contributed by atoms with E-state index in [2.05, 4.69) is 0 Å². The summed E-state index contributed by atoms with van der Waals surface area (Å²) >= 11 is 0. The fourth-order valence-corrected chi connectivity index (χ4v) is 3.07. The Bertz CT molecular complexity index is 374. The number of carboxylic acids is 1. The molecule has 2 bridgehead atoms. The Kier molecular flexibility index (Phi) is 3.03. The molecule has 0 aromatic carbocycles. The number of hydrogen-bond donors (Lipinski definition) is 1. The monoisotopic (exact) mass is 255 g/mol. The molecule has 0 radical (unpaired) electrons. The first kappa shape index (κ1) is 13.2. The Labute approximate surface area is 107 Å². The van der Waals surface area contributed by atoms with Gasteiger partial charge in [-0.3, -0.25) is 4.90 Å². The van der Waals surface area contributed by atoms with Gasteiger partial charge in [-0.15, -0.1) is 0 Å². The van der Waals surface area contributed by atoms with Crippen LogP contribution >= 0.6 is 0 Å². The van der Waals surface area contributed by atoms with E-state index in [-0.39, 0.29) is 0 Å². The minimum absolute atomic E-state index is 0.308. The summed E-state index contributed by atoms with van der Waals surface area (Å²) in [6.45, 7) is 5.89. The van der Waals surface area contributed by atoms with Crippen LogP contribution in [0, 0.1) is 5.92 Å². The van der Waals surface area contributed by atoms with Gasteiger partial charge in [-0.1, -0.05) is 6.42 Å². The van der Waals surface area contributed by atoms with E-state index in [0.717, 1.165) is 12.8 Å². The van der Waals surface area contributed by atoms with Crippen molar-refractivity contribution in [1.82, 2.24) is 4.90 Å². The molecule has 0 spiro atoms. The Balaban J connectivity index is 2.21. The zero-order chi connectivity index (χ0) is 13.6. The molecule has 1 heterocycles. The summed E-state index contributed by atoms with van der Waals surface area (Å²) in [6.07, 6.45) is 2.50. The lowest BCUT2D eigenvalue weighted by Gasteiger charge is -2.36. The molecule has 2 atom stereocenters. The molecule has 18 heavy (non-hydrogen) atoms. The van der Waals surface area contributed by atoms with E-state index in [0.29, 0.717) is 25.3 Å². The van der Waals surface area contributed by atoms with Crippen LogP contribution in [-0.2, 0) is 9.53 Å². The summed E-state index contributed by atoms with van der Waals surface area (Å²) in [5, 5.41) is 9.48. The van der Waals surface area contributed by atoms with Crippen LogP contribution in [0.15, 0.2) is 0 Å². The molecular formula is C13H21NO4. The molecule has 5 heteroatoms. The lowest BCUT2D eigenvalue weighted by atomic mass is 9.80. The molecule has 1 aliphatic heterocycles. The summed E-state index contributed by atoms with van der Waals surface area (Å²) in [4.78, 5) is 25.2. The van der Waals surface area contributed by atoms with Crippen molar-refractivity contribution in [3.05, 3.63) is 0 Å². The molecule has 1 amide bonds. The van der Waals surface area contributed by atoms with Crippen LogP contribution in [0.25, 0.3) is 0 Å². The van der Waals surface area contributed by atoms with Crippen molar-refractivity contribution >= 4 is 12.1 Å². The predicted octanol–water partition coefficient (Wildman–Crippen LogP) is 2.25. The van der Waals surface area contributed by atoms with E-state index >= 15 is 0 Å². The first-order valence-corrected chi connectivity index (χ1v) is 6.49. The van der Waals surface area contributed by atoms with E-state index in [9.17, 15) is 14.7 Å². The van der Waals surface area contributed by atoms with Crippen molar-refractivity contribution in [1.29, 1.82) is 0 Å². The summed E-state index contributed by atoms with van der Waals surface area (Å²) in [5.41, 5.74) is -1.61. The van der Waals surface area contributed by atoms with Gasteiger partial charge in [0.2, 0.25) is 0 Å². The number of aliphatic carboxylic acids is 1. The molecule has 0 aromatic rings. The minimum Gasteiger partial charge on any atom is -0.479 e. The zero-order valence-electron chi connectivity index (χ0n) is 11.2. The van der Waals surface area contributed by atoms with Gasteiger partial charge in [0, 0.05) is 6.54 Å². The highest BCUT2D eigenvalue weighted by Gasteiger charge is 2.56. The van der Waals surface area contributed by atoms with Crippen LogP contribution in [0.1, 0.15) is 46.5 Å². The third-order valence-corrected chi connectivity index (χ3v) is 3.80. The van der Waals surface area contributed by atoms with Gasteiger partial charge in [0.05, 0.1) is 0 Å². The summed E-state index contributed by atoms with van der Waals surface area (Å²) < 4.78 is 5.33. The number of rotatable bonds is 1. The minimum atomic E-state index is -1.02. The quantitative estimate of drug-likeness (QED) is 0.780. The largest absolute Gasteiger partial charge is 0.479 e. The number of carboxylic acid groups (broad SMARTS) is 1. The Morgan fingerprint density at radius 3 is 2.61 bits per heavy atom. The van der Waals surface area contributed by atoms with Gasteiger partial charge in [-0.2, -0.15) is 0 Å². The van der Waals surface area contributed by atoms with Crippen LogP contribution in [0.5, 0.6) is 0 Å². The van der Waals surface area contributed by atoms with Gasteiger partial charge in [0.15, 0.2) is 0 Å². The maximum absolute atomic E-state index is 12.2. The number of nitrogens with zero attached hydrogens (tertiary/aromatic N) is 1. The number of ether oxygens (including phenoxy) is 1. The highest BCUT2D eigenvalue weighted by Crippen LogP contribution is 2.44. The van der Waals surface area contributed by atoms with Gasteiger partial charge >= 0.3 is 12.1 Å². The zero-order valence-corrected chi connectivity index (χ0v) is 11.2. The number of hydrogen-bond acceptors (Lipinski definition) is 3. The average Bonchev–Trinajstić information content (AvgIpc) is 2.49. The molecule has 102 valence electrons. The lowest BCUT2D eigenvalue weighted by molar-refractivity contribution is -0.150. The second-order valence-corrected chi connectivity index (χ2v) is 6.39. The molecule has 2 fully saturated rings. The van der Waals surface area contributed by atoms with E-state index in [1.54, 1.807) is 20.8 Å². The molecule has 0 aromatic heterocycles. The maximum Gasteiger partial charge on any atom is 0.411 e. The van der Waals surface area contributed by atoms with Crippen LogP contribution in [0.3, 0.4) is 0 Å². The fraction of sp³-hybridized carbons (Fsp3) is 0.846. The van der Waals surface area contributed by atoms with Crippen molar-refractivity contribution in [2.24, 2.45) is 5.92 Å². The number of carbonyl (C=O) groups is 2. The van der Waals surface area contributed by atoms with E-state index in [1.807, 2.05) is 0 Å². The normalized spacial score (nSPS) is 31.3. The van der Waals surface area contributed by atoms with Gasteiger partial charge in [-0.25, -0.2) is 9.59 Å². The summed E-state index contributed by atoms with van der Waals surface area (Å²) in [6, 6.07) is 0. The highest BCUT2D eigenvalue weighted by atomic mass is 16.6. The second-order valence-electron chi connectivity index (χ2n) is 6.39. The molecule has 1 aliphatic carbocycles. The molecule has 1 N–H and O–H groups in total. The van der Waals surface area contributed by atoms with Crippen molar-refractivity contribution in [2.75, 3.05) is 6.54 Å². The fourth-order valence-electron chi connectivity index (χ4n) is 3.07. The van der Waals surface area contributed by atoms with Gasteiger partial charge in [-0.05, 0) is 46.0 Å². The van der Waals surface area contributed by atoms with Crippen molar-refractivity contribution in [3.8, 4) is 0 Å². The Morgan fingerprint density at radius 2 is 2.06 bits per heavy atom. The lowest BCUT2D eigenvalue weighted by Crippen LogP contribution is -2.54. The second kappa shape index (κ2) is 4.14. The van der Waals surface area contributed by atoms with E-state index in [1.165, 1.54) is 4.90 Å². The predicted molar refractivity (Wildman–Crippen MR) is 65.3 cm³/mol. The van der Waals surface area contributed by atoms with E-state index in [4.69, 9.17) is 4.74 Å². The summed E-state index contributed by atoms with van der Waals surface area (Å²) in [7, 11) is 0. The third kappa shape index (κ3) is 2.18. The van der Waals surface area contributed by atoms with Gasteiger partial charge in [0.25, 0.3) is 0 Å². The Hall–Kier alpha value is -1.26. The first-order chi connectivity index (χ1) is 8.24. The summed E-state index contributed by atoms with van der Waals surface area (Å²) in [5.74, 6) is -0.585. The number of amides is 1. The molecule has 2 rings (SSSR count). The first-order valence-electron chi connectivity index (χ1n) is 6.49. The average molecular weight is 255 g/mol. The van der Waals surface area contributed by atoms with Crippen LogP contribution in [0.4, 0.5) is 4.79 Å². The molecule has 1 saturated carbocycles. The standard InChI is InChI=1S/C13H21NO4/c1-12(2,3)18-11(17)14-8-9-5-4-6-13(14,7-9)10(15)16/h9H,4-8H2,1-3H3,(H,15,16)/t9-,13-/m1/s1. The SMILES string of the molecule is CC(C)(C)OC(=O)N1C[C@@H]2CCC[C@]1(C(=O)O)C2. The van der Waals surface area contributed by atoms with Crippen LogP contribution < -0.4 is 0 Å². The molecule has 5 nitrogen and oxygen atoms in total. The maximum atomic E-state index is 12.2. The van der Waals surface area contributed by atoms with Gasteiger partial charge in [0.1, 0.15) is 11.1 Å². The smallest absolute Gasteiger partial charge is 0.411 e. The Morgan fingerprint density at radius 1 is 1.39 bits per heavy atom. The molecule has 2 aliphatic rings.